The van der Waals surface area contributed by atoms with Gasteiger partial charge in [0.2, 0.25) is 5.91 Å². The van der Waals surface area contributed by atoms with Crippen LogP contribution in [-0.2, 0) is 4.79 Å². The van der Waals surface area contributed by atoms with Crippen LogP contribution in [0.3, 0.4) is 0 Å². The highest BCUT2D eigenvalue weighted by atomic mass is 16.2. The number of nitrogens with one attached hydrogen (secondary N) is 1. The minimum Gasteiger partial charge on any atom is -0.345 e. The zero-order chi connectivity index (χ0) is 19.5. The molecular weight excluding hydrogens is 352 g/mol. The Morgan fingerprint density at radius 2 is 1.75 bits per heavy atom. The van der Waals surface area contributed by atoms with Crippen LogP contribution >= 0.6 is 0 Å². The number of piperazine rings is 1. The smallest absolute Gasteiger partial charge is 0.254 e. The molecule has 0 radical (unpaired) electrons. The van der Waals surface area contributed by atoms with E-state index in [9.17, 15) is 9.59 Å². The van der Waals surface area contributed by atoms with Gasteiger partial charge in [-0.25, -0.2) is 4.98 Å². The Kier molecular flexibility index (Phi) is 5.10. The standard InChI is InChI=1S/C22H24N4O2/c1-16(17-5-3-2-4-6-17)13-21(27)25-9-11-26(12-10-25)22(28)18-7-8-19-20(14-18)24-15-23-19/h2-8,14-16H,9-13H2,1H3,(H,23,24)/t16-/m0/s1. The molecule has 3 aromatic rings. The van der Waals surface area contributed by atoms with Gasteiger partial charge in [0.05, 0.1) is 17.4 Å². The van der Waals surface area contributed by atoms with E-state index in [1.807, 2.05) is 46.2 Å². The molecule has 0 aliphatic carbocycles. The number of rotatable bonds is 4. The van der Waals surface area contributed by atoms with Crippen LogP contribution in [-0.4, -0.2) is 57.8 Å². The summed E-state index contributed by atoms with van der Waals surface area (Å²) in [5.41, 5.74) is 3.53. The minimum atomic E-state index is 0.00116. The van der Waals surface area contributed by atoms with Crippen molar-refractivity contribution >= 4 is 22.8 Å². The molecule has 1 aromatic heterocycles. The first-order valence-corrected chi connectivity index (χ1v) is 9.67. The molecule has 6 heteroatoms. The van der Waals surface area contributed by atoms with Crippen molar-refractivity contribution in [1.82, 2.24) is 19.8 Å². The van der Waals surface area contributed by atoms with E-state index in [0.29, 0.717) is 38.2 Å². The topological polar surface area (TPSA) is 69.3 Å². The lowest BCUT2D eigenvalue weighted by molar-refractivity contribution is -0.133. The third kappa shape index (κ3) is 3.76. The maximum absolute atomic E-state index is 12.8. The van der Waals surface area contributed by atoms with Crippen molar-refractivity contribution in [2.75, 3.05) is 26.2 Å². The monoisotopic (exact) mass is 376 g/mol. The SMILES string of the molecule is C[C@@H](CC(=O)N1CCN(C(=O)c2ccc3nc[nH]c3c2)CC1)c1ccccc1. The predicted octanol–water partition coefficient (Wildman–Crippen LogP) is 3.04. The first-order chi connectivity index (χ1) is 13.6. The van der Waals surface area contributed by atoms with E-state index >= 15 is 0 Å². The van der Waals surface area contributed by atoms with Crippen LogP contribution < -0.4 is 0 Å². The van der Waals surface area contributed by atoms with Gasteiger partial charge in [0.25, 0.3) is 5.91 Å². The highest BCUT2D eigenvalue weighted by molar-refractivity contribution is 5.97. The van der Waals surface area contributed by atoms with Crippen LogP contribution in [0.4, 0.5) is 0 Å². The van der Waals surface area contributed by atoms with E-state index in [0.717, 1.165) is 11.0 Å². The Morgan fingerprint density at radius 3 is 2.50 bits per heavy atom. The second-order valence-corrected chi connectivity index (χ2v) is 7.32. The van der Waals surface area contributed by atoms with Gasteiger partial charge in [-0.05, 0) is 29.7 Å². The maximum atomic E-state index is 12.8. The van der Waals surface area contributed by atoms with Crippen LogP contribution in [0.15, 0.2) is 54.9 Å². The summed E-state index contributed by atoms with van der Waals surface area (Å²) in [5, 5.41) is 0. The Morgan fingerprint density at radius 1 is 1.04 bits per heavy atom. The largest absolute Gasteiger partial charge is 0.345 e. The van der Waals surface area contributed by atoms with Crippen LogP contribution in [0.2, 0.25) is 0 Å². The molecule has 144 valence electrons. The molecule has 2 heterocycles. The van der Waals surface area contributed by atoms with Gasteiger partial charge in [-0.15, -0.1) is 0 Å². The number of hydrogen-bond acceptors (Lipinski definition) is 3. The van der Waals surface area contributed by atoms with E-state index < -0.39 is 0 Å². The molecule has 0 saturated carbocycles. The normalized spacial score (nSPS) is 15.6. The summed E-state index contributed by atoms with van der Waals surface area (Å²) in [6, 6.07) is 15.6. The number of H-pyrrole nitrogens is 1. The fourth-order valence-electron chi connectivity index (χ4n) is 3.70. The summed E-state index contributed by atoms with van der Waals surface area (Å²) >= 11 is 0. The fraction of sp³-hybridized carbons (Fsp3) is 0.318. The molecule has 1 aliphatic rings. The molecule has 1 saturated heterocycles. The van der Waals surface area contributed by atoms with E-state index in [1.165, 1.54) is 5.56 Å². The molecule has 1 fully saturated rings. The summed E-state index contributed by atoms with van der Waals surface area (Å²) in [4.78, 5) is 36.4. The maximum Gasteiger partial charge on any atom is 0.254 e. The summed E-state index contributed by atoms with van der Waals surface area (Å²) in [7, 11) is 0. The molecule has 4 rings (SSSR count). The Bertz CT molecular complexity index is 974. The van der Waals surface area contributed by atoms with Crippen molar-refractivity contribution in [2.45, 2.75) is 19.3 Å². The Hall–Kier alpha value is -3.15. The second kappa shape index (κ2) is 7.84. The van der Waals surface area contributed by atoms with Crippen molar-refractivity contribution in [3.8, 4) is 0 Å². The zero-order valence-corrected chi connectivity index (χ0v) is 16.0. The van der Waals surface area contributed by atoms with Gasteiger partial charge < -0.3 is 14.8 Å². The number of hydrogen-bond donors (Lipinski definition) is 1. The first-order valence-electron chi connectivity index (χ1n) is 9.67. The summed E-state index contributed by atoms with van der Waals surface area (Å²) in [5.74, 6) is 0.345. The molecule has 0 unspecified atom stereocenters. The van der Waals surface area contributed by atoms with E-state index in [1.54, 1.807) is 6.33 Å². The van der Waals surface area contributed by atoms with Gasteiger partial charge in [0.15, 0.2) is 0 Å². The number of carbonyl (C=O) groups excluding carboxylic acids is 2. The van der Waals surface area contributed by atoms with Gasteiger partial charge in [0, 0.05) is 38.2 Å². The molecular formula is C22H24N4O2. The van der Waals surface area contributed by atoms with Crippen LogP contribution in [0.1, 0.15) is 35.2 Å². The molecule has 2 aromatic carbocycles. The lowest BCUT2D eigenvalue weighted by Gasteiger charge is -2.35. The van der Waals surface area contributed by atoms with Gasteiger partial charge in [-0.1, -0.05) is 37.3 Å². The lowest BCUT2D eigenvalue weighted by atomic mass is 9.97. The Labute approximate surface area is 164 Å². The number of imidazole rings is 1. The van der Waals surface area contributed by atoms with Crippen molar-refractivity contribution in [1.29, 1.82) is 0 Å². The number of aromatic nitrogens is 2. The van der Waals surface area contributed by atoms with Crippen molar-refractivity contribution in [2.24, 2.45) is 0 Å². The van der Waals surface area contributed by atoms with Crippen molar-refractivity contribution < 1.29 is 9.59 Å². The third-order valence-electron chi connectivity index (χ3n) is 5.44. The average molecular weight is 376 g/mol. The van der Waals surface area contributed by atoms with Crippen LogP contribution in [0.5, 0.6) is 0 Å². The van der Waals surface area contributed by atoms with Crippen molar-refractivity contribution in [3.05, 3.63) is 66.0 Å². The number of carbonyl (C=O) groups is 2. The number of benzene rings is 2. The van der Waals surface area contributed by atoms with Crippen molar-refractivity contribution in [3.63, 3.8) is 0 Å². The van der Waals surface area contributed by atoms with Crippen LogP contribution in [0.25, 0.3) is 11.0 Å². The third-order valence-corrected chi connectivity index (χ3v) is 5.44. The molecule has 1 aliphatic heterocycles. The molecule has 28 heavy (non-hydrogen) atoms. The van der Waals surface area contributed by atoms with E-state index in [2.05, 4.69) is 29.0 Å². The quantitative estimate of drug-likeness (QED) is 0.761. The average Bonchev–Trinajstić information content (AvgIpc) is 3.22. The zero-order valence-electron chi connectivity index (χ0n) is 16.0. The van der Waals surface area contributed by atoms with E-state index in [-0.39, 0.29) is 17.7 Å². The van der Waals surface area contributed by atoms with E-state index in [4.69, 9.17) is 0 Å². The number of nitrogens with zero attached hydrogens (tertiary/aromatic N) is 3. The van der Waals surface area contributed by atoms with Gasteiger partial charge in [-0.2, -0.15) is 0 Å². The number of amides is 2. The summed E-state index contributed by atoms with van der Waals surface area (Å²) < 4.78 is 0. The summed E-state index contributed by atoms with van der Waals surface area (Å²) in [6.45, 7) is 4.37. The lowest BCUT2D eigenvalue weighted by Crippen LogP contribution is -2.50. The molecule has 2 amide bonds. The van der Waals surface area contributed by atoms with Gasteiger partial charge in [-0.3, -0.25) is 9.59 Å². The second-order valence-electron chi connectivity index (χ2n) is 7.32. The first kappa shape index (κ1) is 18.2. The Balaban J connectivity index is 1.33. The summed E-state index contributed by atoms with van der Waals surface area (Å²) in [6.07, 6.45) is 2.12. The highest BCUT2D eigenvalue weighted by Crippen LogP contribution is 2.20. The highest BCUT2D eigenvalue weighted by Gasteiger charge is 2.26. The number of aromatic amines is 1. The van der Waals surface area contributed by atoms with Gasteiger partial charge in [0.1, 0.15) is 0 Å². The molecule has 1 N–H and O–H groups in total. The predicted molar refractivity (Wildman–Crippen MR) is 108 cm³/mol. The molecule has 0 bridgehead atoms. The molecule has 0 spiro atoms. The minimum absolute atomic E-state index is 0.00116. The van der Waals surface area contributed by atoms with Crippen LogP contribution in [0, 0.1) is 0 Å². The molecule has 6 nitrogen and oxygen atoms in total. The number of fused-ring (bicyclic) bond motifs is 1. The van der Waals surface area contributed by atoms with Gasteiger partial charge >= 0.3 is 0 Å². The fourth-order valence-corrected chi connectivity index (χ4v) is 3.70. The molecule has 1 atom stereocenters.